The van der Waals surface area contributed by atoms with Gasteiger partial charge in [-0.05, 0) is 0 Å². The van der Waals surface area contributed by atoms with E-state index in [0.29, 0.717) is 0 Å². The van der Waals surface area contributed by atoms with Crippen LogP contribution in [0.1, 0.15) is 0 Å². The standard InChI is InChI=1S/CH6O6P2.2Na.H2O.2H/c2-8(3,4)1-9(5,6)7;;;;;/h1H2,(H2,2,3,4)(H2,5,6,7);;;1H2;;. The molecule has 12 heavy (non-hydrogen) atoms. The molecule has 0 aromatic heterocycles. The van der Waals surface area contributed by atoms with Crippen molar-refractivity contribution in [2.45, 2.75) is 0 Å². The van der Waals surface area contributed by atoms with Crippen molar-refractivity contribution in [3.05, 3.63) is 0 Å². The summed E-state index contributed by atoms with van der Waals surface area (Å²) >= 11 is 0. The van der Waals surface area contributed by atoms with E-state index in [0.717, 1.165) is 0 Å². The zero-order valence-corrected chi connectivity index (χ0v) is 6.50. The minimum absolute atomic E-state index is 0. The summed E-state index contributed by atoms with van der Waals surface area (Å²) in [6.45, 7) is 0. The molecule has 0 aromatic carbocycles. The van der Waals surface area contributed by atoms with Gasteiger partial charge in [0.25, 0.3) is 0 Å². The van der Waals surface area contributed by atoms with Crippen LogP contribution in [0.4, 0.5) is 0 Å². The van der Waals surface area contributed by atoms with Gasteiger partial charge in [-0.1, -0.05) is 0 Å². The molecule has 0 aromatic rings. The van der Waals surface area contributed by atoms with Crippen molar-refractivity contribution in [2.24, 2.45) is 0 Å². The fraction of sp³-hybridized carbons (Fsp3) is 1.00. The van der Waals surface area contributed by atoms with Crippen molar-refractivity contribution in [1.82, 2.24) is 0 Å². The molecule has 0 aliphatic carbocycles. The molecule has 11 heteroatoms. The summed E-state index contributed by atoms with van der Waals surface area (Å²) in [5.41, 5.74) is 0. The Balaban J connectivity index is -0.000000107. The topological polar surface area (TPSA) is 147 Å². The molecule has 0 spiro atoms. The van der Waals surface area contributed by atoms with Crippen molar-refractivity contribution in [2.75, 3.05) is 5.90 Å². The van der Waals surface area contributed by atoms with Crippen LogP contribution in [0.5, 0.6) is 0 Å². The van der Waals surface area contributed by atoms with Gasteiger partial charge in [0.2, 0.25) is 0 Å². The van der Waals surface area contributed by atoms with Gasteiger partial charge >= 0.3 is 74.3 Å². The second kappa shape index (κ2) is 8.56. The van der Waals surface area contributed by atoms with E-state index in [-0.39, 0.29) is 64.6 Å². The maximum absolute atomic E-state index is 9.85. The molecule has 0 atom stereocenters. The predicted molar refractivity (Wildman–Crippen MR) is 46.9 cm³/mol. The van der Waals surface area contributed by atoms with Crippen molar-refractivity contribution in [3.8, 4) is 0 Å². The van der Waals surface area contributed by atoms with Gasteiger partial charge < -0.3 is 25.0 Å². The Bertz CT molecular complexity index is 160. The van der Waals surface area contributed by atoms with Gasteiger partial charge in [-0.2, -0.15) is 0 Å². The second-order valence-corrected chi connectivity index (χ2v) is 5.26. The summed E-state index contributed by atoms with van der Waals surface area (Å²) in [5, 5.41) is 0. The number of hydrogen-bond donors (Lipinski definition) is 4. The predicted octanol–water partition coefficient (Wildman–Crippen LogP) is -2.82. The minimum atomic E-state index is -4.55. The third-order valence-corrected chi connectivity index (χ3v) is 3.32. The zero-order valence-electron chi connectivity index (χ0n) is 4.71. The molecule has 0 aliphatic heterocycles. The molecule has 68 valence electrons. The summed E-state index contributed by atoms with van der Waals surface area (Å²) in [4.78, 5) is 31.9. The van der Waals surface area contributed by atoms with Crippen molar-refractivity contribution < 1.29 is 34.2 Å². The molecule has 0 unspecified atom stereocenters. The van der Waals surface area contributed by atoms with E-state index < -0.39 is 21.1 Å². The van der Waals surface area contributed by atoms with Crippen LogP contribution in [0, 0.1) is 0 Å². The summed E-state index contributed by atoms with van der Waals surface area (Å²) in [6.07, 6.45) is 0. The SMILES string of the molecule is O.O=P(O)(O)CP(=O)(O)O.[NaH].[NaH]. The summed E-state index contributed by atoms with van der Waals surface area (Å²) in [6, 6.07) is 0. The van der Waals surface area contributed by atoms with Crippen molar-refractivity contribution >= 4 is 74.3 Å². The van der Waals surface area contributed by atoms with E-state index in [1.165, 1.54) is 0 Å². The summed E-state index contributed by atoms with van der Waals surface area (Å²) in [7, 11) is -9.10. The molecule has 7 nitrogen and oxygen atoms in total. The van der Waals surface area contributed by atoms with Crippen molar-refractivity contribution in [1.29, 1.82) is 0 Å². The van der Waals surface area contributed by atoms with Gasteiger partial charge in [0.15, 0.2) is 5.90 Å². The van der Waals surface area contributed by atoms with Gasteiger partial charge in [-0.3, -0.25) is 9.13 Å². The Morgan fingerprint density at radius 3 is 1.00 bits per heavy atom. The van der Waals surface area contributed by atoms with E-state index >= 15 is 0 Å². The molecule has 0 bridgehead atoms. The van der Waals surface area contributed by atoms with E-state index in [4.69, 9.17) is 19.6 Å². The zero-order chi connectivity index (χ0) is 7.71. The molecular weight excluding hydrogens is 232 g/mol. The monoisotopic (exact) mass is 242 g/mol. The average molecular weight is 242 g/mol. The Morgan fingerprint density at radius 2 is 1.00 bits per heavy atom. The van der Waals surface area contributed by atoms with Gasteiger partial charge in [-0.15, -0.1) is 0 Å². The molecule has 0 heterocycles. The normalized spacial score (nSPS) is 10.3. The van der Waals surface area contributed by atoms with Crippen LogP contribution in [-0.4, -0.2) is 90.1 Å². The summed E-state index contributed by atoms with van der Waals surface area (Å²) < 4.78 is 19.7. The average Bonchev–Trinajstić information content (AvgIpc) is 1.14. The van der Waals surface area contributed by atoms with E-state index in [2.05, 4.69) is 0 Å². The van der Waals surface area contributed by atoms with E-state index in [9.17, 15) is 9.13 Å². The van der Waals surface area contributed by atoms with E-state index in [1.807, 2.05) is 0 Å². The molecule has 0 amide bonds. The first-order valence-corrected chi connectivity index (χ1v) is 5.39. The van der Waals surface area contributed by atoms with Crippen LogP contribution in [0.2, 0.25) is 0 Å². The van der Waals surface area contributed by atoms with Gasteiger partial charge in [-0.25, -0.2) is 0 Å². The molecule has 0 saturated heterocycles. The van der Waals surface area contributed by atoms with Gasteiger partial charge in [0.05, 0.1) is 0 Å². The quantitative estimate of drug-likeness (QED) is 0.303. The van der Waals surface area contributed by atoms with Crippen LogP contribution in [0.15, 0.2) is 0 Å². The maximum atomic E-state index is 9.85. The van der Waals surface area contributed by atoms with Crippen LogP contribution in [-0.2, 0) is 9.13 Å². The van der Waals surface area contributed by atoms with E-state index in [1.54, 1.807) is 0 Å². The second-order valence-electron chi connectivity index (χ2n) is 1.47. The molecule has 0 rings (SSSR count). The van der Waals surface area contributed by atoms with Crippen LogP contribution in [0.25, 0.3) is 0 Å². The molecule has 0 saturated carbocycles. The Morgan fingerprint density at radius 1 is 0.833 bits per heavy atom. The fourth-order valence-corrected chi connectivity index (χ4v) is 2.16. The molecule has 6 N–H and O–H groups in total. The summed E-state index contributed by atoms with van der Waals surface area (Å²) in [5.74, 6) is -1.38. The molecule has 0 aliphatic rings. The third-order valence-electron chi connectivity index (χ3n) is 0.368. The molecule has 0 radical (unpaired) electrons. The van der Waals surface area contributed by atoms with Crippen LogP contribution >= 0.6 is 15.2 Å². The molecular formula is CH10Na2O7P2. The van der Waals surface area contributed by atoms with Crippen LogP contribution < -0.4 is 0 Å². The van der Waals surface area contributed by atoms with Crippen LogP contribution in [0.3, 0.4) is 0 Å². The first-order chi connectivity index (χ1) is 3.71. The molecule has 0 fully saturated rings. The number of hydrogen-bond acceptors (Lipinski definition) is 2. The Labute approximate surface area is 113 Å². The third kappa shape index (κ3) is 22.8. The first-order valence-electron chi connectivity index (χ1n) is 1.80. The Kier molecular flexibility index (Phi) is 17.0. The Hall–Kier alpha value is 2.26. The first kappa shape index (κ1) is 23.8. The fourth-order valence-electron chi connectivity index (χ4n) is 0.240. The van der Waals surface area contributed by atoms with Gasteiger partial charge in [0.1, 0.15) is 0 Å². The number of rotatable bonds is 2. The van der Waals surface area contributed by atoms with Gasteiger partial charge in [0, 0.05) is 0 Å². The van der Waals surface area contributed by atoms with Crippen molar-refractivity contribution in [3.63, 3.8) is 0 Å².